The molecule has 0 heterocycles. The highest BCUT2D eigenvalue weighted by Gasteiger charge is 2.20. The molecule has 0 saturated carbocycles. The van der Waals surface area contributed by atoms with E-state index in [4.69, 9.17) is 4.74 Å². The van der Waals surface area contributed by atoms with Crippen molar-refractivity contribution in [3.8, 4) is 5.75 Å². The molecule has 2 aromatic rings. The van der Waals surface area contributed by atoms with E-state index in [1.807, 2.05) is 48.5 Å². The van der Waals surface area contributed by atoms with Crippen LogP contribution in [0.1, 0.15) is 31.9 Å². The lowest BCUT2D eigenvalue weighted by Crippen LogP contribution is -2.15. The third-order valence-corrected chi connectivity index (χ3v) is 3.66. The van der Waals surface area contributed by atoms with Gasteiger partial charge in [-0.15, -0.1) is 0 Å². The Hall–Kier alpha value is -1.87. The fourth-order valence-electron chi connectivity index (χ4n) is 2.05. The molecule has 22 heavy (non-hydrogen) atoms. The van der Waals surface area contributed by atoms with E-state index in [0.717, 1.165) is 15.6 Å². The summed E-state index contributed by atoms with van der Waals surface area (Å²) < 4.78 is 6.47. The van der Waals surface area contributed by atoms with E-state index in [-0.39, 0.29) is 11.4 Å². The van der Waals surface area contributed by atoms with E-state index in [1.165, 1.54) is 6.08 Å². The molecule has 0 amide bonds. The summed E-state index contributed by atoms with van der Waals surface area (Å²) in [6, 6.07) is 15.3. The van der Waals surface area contributed by atoms with Crippen LogP contribution < -0.4 is 4.74 Å². The summed E-state index contributed by atoms with van der Waals surface area (Å²) in [6.45, 7) is 6.27. The summed E-state index contributed by atoms with van der Waals surface area (Å²) in [6.07, 6.45) is 3.20. The molecule has 0 aromatic heterocycles. The molecule has 0 bridgehead atoms. The zero-order valence-corrected chi connectivity index (χ0v) is 14.6. The number of rotatable bonds is 3. The maximum absolute atomic E-state index is 12.0. The van der Waals surface area contributed by atoms with Crippen LogP contribution in [0.5, 0.6) is 5.75 Å². The van der Waals surface area contributed by atoms with Gasteiger partial charge in [0, 0.05) is 16.1 Å². The lowest BCUT2D eigenvalue weighted by Gasteiger charge is -2.22. The van der Waals surface area contributed by atoms with Gasteiger partial charge in [0.05, 0.1) is 0 Å². The van der Waals surface area contributed by atoms with Crippen LogP contribution in [0, 0.1) is 0 Å². The first-order chi connectivity index (χ1) is 10.4. The van der Waals surface area contributed by atoms with Crippen molar-refractivity contribution in [1.29, 1.82) is 0 Å². The van der Waals surface area contributed by atoms with E-state index in [0.29, 0.717) is 5.75 Å². The Kier molecular flexibility index (Phi) is 5.19. The molecule has 2 aromatic carbocycles. The molecule has 0 unspecified atom stereocenters. The Bertz CT molecular complexity index is 682. The van der Waals surface area contributed by atoms with Gasteiger partial charge in [0.25, 0.3) is 0 Å². The fraction of sp³-hybridized carbons (Fsp3) is 0.211. The van der Waals surface area contributed by atoms with Gasteiger partial charge < -0.3 is 4.74 Å². The number of ether oxygens (including phenoxy) is 1. The Balaban J connectivity index is 2.17. The quantitative estimate of drug-likeness (QED) is 0.419. The van der Waals surface area contributed by atoms with Crippen molar-refractivity contribution in [1.82, 2.24) is 0 Å². The van der Waals surface area contributed by atoms with Gasteiger partial charge in [-0.2, -0.15) is 0 Å². The Morgan fingerprint density at radius 3 is 2.41 bits per heavy atom. The van der Waals surface area contributed by atoms with Gasteiger partial charge in [-0.05, 0) is 35.3 Å². The number of esters is 1. The normalized spacial score (nSPS) is 11.6. The van der Waals surface area contributed by atoms with Crippen molar-refractivity contribution in [3.63, 3.8) is 0 Å². The molecule has 114 valence electrons. The Morgan fingerprint density at radius 2 is 1.77 bits per heavy atom. The highest BCUT2D eigenvalue weighted by Crippen LogP contribution is 2.33. The average Bonchev–Trinajstić information content (AvgIpc) is 2.47. The first-order valence-electron chi connectivity index (χ1n) is 7.11. The van der Waals surface area contributed by atoms with Crippen molar-refractivity contribution in [2.45, 2.75) is 26.2 Å². The van der Waals surface area contributed by atoms with Crippen LogP contribution in [0.4, 0.5) is 0 Å². The molecule has 0 spiro atoms. The molecule has 0 fully saturated rings. The number of carbonyl (C=O) groups is 1. The maximum atomic E-state index is 12.0. The lowest BCUT2D eigenvalue weighted by molar-refractivity contribution is -0.128. The summed E-state index contributed by atoms with van der Waals surface area (Å²) >= 11 is 3.46. The predicted molar refractivity (Wildman–Crippen MR) is 94.0 cm³/mol. The molecule has 3 heteroatoms. The monoisotopic (exact) mass is 358 g/mol. The van der Waals surface area contributed by atoms with Gasteiger partial charge in [0.2, 0.25) is 0 Å². The van der Waals surface area contributed by atoms with E-state index in [2.05, 4.69) is 36.7 Å². The van der Waals surface area contributed by atoms with E-state index in [1.54, 1.807) is 6.08 Å². The zero-order valence-electron chi connectivity index (χ0n) is 13.0. The number of hydrogen-bond donors (Lipinski definition) is 0. The van der Waals surface area contributed by atoms with Crippen molar-refractivity contribution < 1.29 is 9.53 Å². The second-order valence-electron chi connectivity index (χ2n) is 6.06. The molecule has 0 aliphatic heterocycles. The highest BCUT2D eigenvalue weighted by atomic mass is 79.9. The van der Waals surface area contributed by atoms with Gasteiger partial charge in [-0.1, -0.05) is 67.0 Å². The number of hydrogen-bond acceptors (Lipinski definition) is 2. The fourth-order valence-corrected chi connectivity index (χ4v) is 2.41. The largest absolute Gasteiger partial charge is 0.423 e. The molecular formula is C19H19BrO2. The van der Waals surface area contributed by atoms with Crippen LogP contribution in [0.2, 0.25) is 0 Å². The minimum Gasteiger partial charge on any atom is -0.423 e. The van der Waals surface area contributed by atoms with E-state index in [9.17, 15) is 4.79 Å². The van der Waals surface area contributed by atoms with Gasteiger partial charge in [-0.25, -0.2) is 4.79 Å². The molecule has 0 aliphatic rings. The molecule has 0 radical (unpaired) electrons. The number of carbonyl (C=O) groups excluding carboxylic acids is 1. The molecule has 2 rings (SSSR count). The summed E-state index contributed by atoms with van der Waals surface area (Å²) in [5.41, 5.74) is 1.84. The van der Waals surface area contributed by atoms with Gasteiger partial charge in [0.15, 0.2) is 0 Å². The van der Waals surface area contributed by atoms with Crippen LogP contribution >= 0.6 is 15.9 Å². The molecule has 0 aliphatic carbocycles. The van der Waals surface area contributed by atoms with Crippen LogP contribution in [0.3, 0.4) is 0 Å². The minimum atomic E-state index is -0.378. The van der Waals surface area contributed by atoms with Crippen molar-refractivity contribution in [3.05, 3.63) is 70.2 Å². The molecule has 0 N–H and O–H groups in total. The molecule has 0 saturated heterocycles. The topological polar surface area (TPSA) is 26.3 Å². The second-order valence-corrected chi connectivity index (χ2v) is 6.97. The minimum absolute atomic E-state index is 0.109. The standard InChI is InChI=1S/C19H19BrO2/c1-19(2,3)16-13-15(20)10-11-17(16)22-18(21)12-9-14-7-5-4-6-8-14/h4-13H,1-3H3/b12-9+. The average molecular weight is 359 g/mol. The number of benzene rings is 2. The molecular weight excluding hydrogens is 340 g/mol. The molecule has 0 atom stereocenters. The van der Waals surface area contributed by atoms with Crippen LogP contribution in [-0.2, 0) is 10.2 Å². The van der Waals surface area contributed by atoms with Crippen molar-refractivity contribution in [2.75, 3.05) is 0 Å². The van der Waals surface area contributed by atoms with E-state index < -0.39 is 0 Å². The summed E-state index contributed by atoms with van der Waals surface area (Å²) in [5, 5.41) is 0. The van der Waals surface area contributed by atoms with Crippen molar-refractivity contribution >= 4 is 28.0 Å². The molecule has 2 nitrogen and oxygen atoms in total. The third kappa shape index (κ3) is 4.57. The first kappa shape index (κ1) is 16.5. The summed E-state index contributed by atoms with van der Waals surface area (Å²) in [4.78, 5) is 12.0. The lowest BCUT2D eigenvalue weighted by atomic mass is 9.86. The Morgan fingerprint density at radius 1 is 1.09 bits per heavy atom. The van der Waals surface area contributed by atoms with Gasteiger partial charge in [0.1, 0.15) is 5.75 Å². The highest BCUT2D eigenvalue weighted by molar-refractivity contribution is 9.10. The zero-order chi connectivity index (χ0) is 16.2. The van der Waals surface area contributed by atoms with Gasteiger partial charge in [-0.3, -0.25) is 0 Å². The first-order valence-corrected chi connectivity index (χ1v) is 7.90. The smallest absolute Gasteiger partial charge is 0.336 e. The Labute approximate surface area is 139 Å². The van der Waals surface area contributed by atoms with Gasteiger partial charge >= 0.3 is 5.97 Å². The van der Waals surface area contributed by atoms with Crippen LogP contribution in [-0.4, -0.2) is 5.97 Å². The third-order valence-electron chi connectivity index (χ3n) is 3.17. The van der Waals surface area contributed by atoms with Crippen LogP contribution in [0.15, 0.2) is 59.1 Å². The second kappa shape index (κ2) is 6.93. The predicted octanol–water partition coefficient (Wildman–Crippen LogP) is 5.37. The van der Waals surface area contributed by atoms with Crippen LogP contribution in [0.25, 0.3) is 6.08 Å². The summed E-state index contributed by atoms with van der Waals surface area (Å²) in [5.74, 6) is 0.218. The maximum Gasteiger partial charge on any atom is 0.336 e. The van der Waals surface area contributed by atoms with E-state index >= 15 is 0 Å². The van der Waals surface area contributed by atoms with Crippen molar-refractivity contribution in [2.24, 2.45) is 0 Å². The number of halogens is 1. The SMILES string of the molecule is CC(C)(C)c1cc(Br)ccc1OC(=O)/C=C/c1ccccc1. The summed E-state index contributed by atoms with van der Waals surface area (Å²) in [7, 11) is 0.